The quantitative estimate of drug-likeness (QED) is 0.684. The number of hydrogen-bond donors (Lipinski definition) is 0. The van der Waals surface area contributed by atoms with E-state index in [4.69, 9.17) is 9.47 Å². The van der Waals surface area contributed by atoms with Crippen LogP contribution in [0.25, 0.3) is 0 Å². The normalized spacial score (nSPS) is 31.3. The highest BCUT2D eigenvalue weighted by molar-refractivity contribution is 5.86. The molecule has 2 fully saturated rings. The Morgan fingerprint density at radius 2 is 1.81 bits per heavy atom. The topological polar surface area (TPSA) is 52.6 Å². The first kappa shape index (κ1) is 20.1. The molecule has 0 amide bonds. The van der Waals surface area contributed by atoms with Crippen LogP contribution in [0.5, 0.6) is 5.75 Å². The molecule has 0 radical (unpaired) electrons. The van der Waals surface area contributed by atoms with E-state index >= 15 is 0 Å². The molecule has 0 saturated heterocycles. The summed E-state index contributed by atoms with van der Waals surface area (Å²) in [5.74, 6) is 1.52. The van der Waals surface area contributed by atoms with E-state index in [9.17, 15) is 9.59 Å². The molecule has 148 valence electrons. The van der Waals surface area contributed by atoms with Crippen molar-refractivity contribution in [1.82, 2.24) is 0 Å². The number of ether oxygens (including phenoxy) is 2. The van der Waals surface area contributed by atoms with Crippen LogP contribution in [0.4, 0.5) is 0 Å². The molecule has 4 heteroatoms. The Hall–Kier alpha value is -1.68. The number of rotatable bonds is 7. The zero-order valence-corrected chi connectivity index (χ0v) is 16.9. The van der Waals surface area contributed by atoms with Crippen LogP contribution in [0, 0.1) is 10.8 Å². The molecule has 2 aliphatic carbocycles. The van der Waals surface area contributed by atoms with Gasteiger partial charge in [-0.1, -0.05) is 26.0 Å². The predicted molar refractivity (Wildman–Crippen MR) is 105 cm³/mol. The van der Waals surface area contributed by atoms with Gasteiger partial charge in [0.15, 0.2) is 0 Å². The van der Waals surface area contributed by atoms with Crippen LogP contribution < -0.4 is 4.74 Å². The average Bonchev–Trinajstić information content (AvgIpc) is 3.01. The maximum atomic E-state index is 12.8. The third kappa shape index (κ3) is 4.60. The highest BCUT2D eigenvalue weighted by Crippen LogP contribution is 2.46. The molecule has 1 aromatic carbocycles. The van der Waals surface area contributed by atoms with Gasteiger partial charge in [-0.15, -0.1) is 0 Å². The second-order valence-electron chi connectivity index (χ2n) is 8.91. The van der Waals surface area contributed by atoms with Crippen molar-refractivity contribution in [3.8, 4) is 5.75 Å². The first-order valence-electron chi connectivity index (χ1n) is 10.1. The lowest BCUT2D eigenvalue weighted by Crippen LogP contribution is -2.45. The molecule has 3 rings (SSSR count). The number of carbonyl (C=O) groups is 2. The van der Waals surface area contributed by atoms with Crippen molar-refractivity contribution in [2.75, 3.05) is 7.11 Å². The number of ketones is 2. The van der Waals surface area contributed by atoms with Gasteiger partial charge < -0.3 is 9.47 Å². The number of hydrogen-bond acceptors (Lipinski definition) is 4. The largest absolute Gasteiger partial charge is 0.497 e. The molecule has 0 unspecified atom stereocenters. The maximum Gasteiger partial charge on any atom is 0.141 e. The van der Waals surface area contributed by atoms with Crippen LogP contribution in [-0.4, -0.2) is 24.8 Å². The lowest BCUT2D eigenvalue weighted by molar-refractivity contribution is -0.146. The summed E-state index contributed by atoms with van der Waals surface area (Å²) in [5.41, 5.74) is 0.696. The van der Waals surface area contributed by atoms with Crippen LogP contribution >= 0.6 is 0 Å². The molecule has 1 aromatic rings. The summed E-state index contributed by atoms with van der Waals surface area (Å²) in [4.78, 5) is 24.6. The van der Waals surface area contributed by atoms with Gasteiger partial charge in [-0.2, -0.15) is 0 Å². The maximum absolute atomic E-state index is 12.8. The number of Topliss-reactive ketones (excluding diaryl/α,β-unsaturated/α-hetero) is 2. The minimum absolute atomic E-state index is 0.0539. The fourth-order valence-corrected chi connectivity index (χ4v) is 4.59. The molecule has 0 aromatic heterocycles. The fraction of sp³-hybridized carbons (Fsp3) is 0.652. The third-order valence-corrected chi connectivity index (χ3v) is 6.71. The smallest absolute Gasteiger partial charge is 0.141 e. The zero-order chi connectivity index (χ0) is 19.5. The highest BCUT2D eigenvalue weighted by atomic mass is 16.5. The lowest BCUT2D eigenvalue weighted by atomic mass is 9.66. The standard InChI is InChI=1S/C23H32O4/c1-22(12-11-18(24)15-22)13-14-23(2)20(25)5-4-6-21(23)27-16-17-7-9-19(26-3)10-8-17/h7-10,21H,4-6,11-16H2,1-3H3/t21-,22+,23+/m0/s1. The van der Waals surface area contributed by atoms with E-state index < -0.39 is 5.41 Å². The molecular formula is C23H32O4. The summed E-state index contributed by atoms with van der Waals surface area (Å²) in [6.45, 7) is 4.78. The third-order valence-electron chi connectivity index (χ3n) is 6.71. The summed E-state index contributed by atoms with van der Waals surface area (Å²) in [6.07, 6.45) is 6.45. The van der Waals surface area contributed by atoms with E-state index in [1.54, 1.807) is 7.11 Å². The van der Waals surface area contributed by atoms with Gasteiger partial charge in [0, 0.05) is 19.3 Å². The molecule has 27 heavy (non-hydrogen) atoms. The van der Waals surface area contributed by atoms with Gasteiger partial charge in [-0.25, -0.2) is 0 Å². The van der Waals surface area contributed by atoms with Crippen LogP contribution in [0.2, 0.25) is 0 Å². The molecule has 4 nitrogen and oxygen atoms in total. The van der Waals surface area contributed by atoms with Crippen LogP contribution in [0.15, 0.2) is 24.3 Å². The molecule has 0 bridgehead atoms. The summed E-state index contributed by atoms with van der Waals surface area (Å²) < 4.78 is 11.5. The second-order valence-corrected chi connectivity index (χ2v) is 8.91. The molecular weight excluding hydrogens is 340 g/mol. The molecule has 3 atom stereocenters. The van der Waals surface area contributed by atoms with Crippen LogP contribution in [0.3, 0.4) is 0 Å². The van der Waals surface area contributed by atoms with Crippen molar-refractivity contribution in [2.24, 2.45) is 10.8 Å². The minimum atomic E-state index is -0.445. The zero-order valence-electron chi connectivity index (χ0n) is 16.9. The van der Waals surface area contributed by atoms with E-state index in [1.165, 1.54) is 0 Å². The number of benzene rings is 1. The highest BCUT2D eigenvalue weighted by Gasteiger charge is 2.46. The second kappa shape index (κ2) is 8.14. The van der Waals surface area contributed by atoms with Crippen LogP contribution in [-0.2, 0) is 20.9 Å². The van der Waals surface area contributed by atoms with Gasteiger partial charge >= 0.3 is 0 Å². The Kier molecular flexibility index (Phi) is 6.05. The molecule has 0 N–H and O–H groups in total. The van der Waals surface area contributed by atoms with Gasteiger partial charge in [0.05, 0.1) is 25.2 Å². The monoisotopic (exact) mass is 372 g/mol. The molecule has 0 spiro atoms. The Morgan fingerprint density at radius 3 is 2.44 bits per heavy atom. The first-order valence-corrected chi connectivity index (χ1v) is 10.1. The Bertz CT molecular complexity index is 680. The van der Waals surface area contributed by atoms with Gasteiger partial charge in [-0.05, 0) is 55.2 Å². The van der Waals surface area contributed by atoms with Crippen molar-refractivity contribution in [2.45, 2.75) is 77.9 Å². The number of methoxy groups -OCH3 is 1. The predicted octanol–water partition coefficient (Wildman–Crippen LogP) is 4.88. The van der Waals surface area contributed by atoms with Gasteiger partial charge in [0.25, 0.3) is 0 Å². The molecule has 2 aliphatic rings. The van der Waals surface area contributed by atoms with Crippen molar-refractivity contribution in [3.05, 3.63) is 29.8 Å². The SMILES string of the molecule is COc1ccc(CO[C@H]2CCCC(=O)[C@@]2(C)CC[C@@]2(C)CCC(=O)C2)cc1. The molecule has 2 saturated carbocycles. The summed E-state index contributed by atoms with van der Waals surface area (Å²) in [5, 5.41) is 0. The van der Waals surface area contributed by atoms with Gasteiger partial charge in [0.1, 0.15) is 17.3 Å². The van der Waals surface area contributed by atoms with E-state index in [0.29, 0.717) is 37.4 Å². The van der Waals surface area contributed by atoms with Crippen molar-refractivity contribution in [3.63, 3.8) is 0 Å². The molecule has 0 aliphatic heterocycles. The van der Waals surface area contributed by atoms with Crippen LogP contribution in [0.1, 0.15) is 70.8 Å². The van der Waals surface area contributed by atoms with E-state index in [-0.39, 0.29) is 11.5 Å². The van der Waals surface area contributed by atoms with Crippen molar-refractivity contribution < 1.29 is 19.1 Å². The summed E-state index contributed by atoms with van der Waals surface area (Å²) >= 11 is 0. The summed E-state index contributed by atoms with van der Waals surface area (Å²) in [7, 11) is 1.66. The van der Waals surface area contributed by atoms with Gasteiger partial charge in [0.2, 0.25) is 0 Å². The van der Waals surface area contributed by atoms with E-state index in [0.717, 1.165) is 43.4 Å². The lowest BCUT2D eigenvalue weighted by Gasteiger charge is -2.41. The van der Waals surface area contributed by atoms with E-state index in [1.807, 2.05) is 24.3 Å². The molecule has 0 heterocycles. The average molecular weight is 373 g/mol. The Morgan fingerprint density at radius 1 is 1.07 bits per heavy atom. The van der Waals surface area contributed by atoms with Crippen molar-refractivity contribution in [1.29, 1.82) is 0 Å². The Balaban J connectivity index is 1.64. The Labute approximate surface area is 162 Å². The van der Waals surface area contributed by atoms with Gasteiger partial charge in [-0.3, -0.25) is 9.59 Å². The minimum Gasteiger partial charge on any atom is -0.497 e. The fourth-order valence-electron chi connectivity index (χ4n) is 4.59. The van der Waals surface area contributed by atoms with Crippen molar-refractivity contribution >= 4 is 11.6 Å². The first-order chi connectivity index (χ1) is 12.8. The number of carbonyl (C=O) groups excluding carboxylic acids is 2. The summed E-state index contributed by atoms with van der Waals surface area (Å²) in [6, 6.07) is 7.88. The van der Waals surface area contributed by atoms with E-state index in [2.05, 4.69) is 13.8 Å².